The second-order valence-corrected chi connectivity index (χ2v) is 13.1. The van der Waals surface area contributed by atoms with E-state index in [1.807, 2.05) is 60.7 Å². The Balaban J connectivity index is 0.000000309. The molecular weight excluding hydrogens is 772 g/mol. The van der Waals surface area contributed by atoms with Gasteiger partial charge in [-0.25, -0.2) is 0 Å². The monoisotopic (exact) mass is 820 g/mol. The summed E-state index contributed by atoms with van der Waals surface area (Å²) in [4.78, 5) is 29.6. The topological polar surface area (TPSA) is 219 Å². The number of esters is 2. The number of hydrogen-bond acceptors (Lipinski definition) is 10. The third kappa shape index (κ3) is 8.55. The molecule has 0 spiro atoms. The summed E-state index contributed by atoms with van der Waals surface area (Å²) in [6.07, 6.45) is 4.52. The number of epoxide rings is 2. The number of halogens is 2. The maximum Gasteiger partial charge on any atom is 0.316 e. The van der Waals surface area contributed by atoms with E-state index >= 15 is 0 Å². The van der Waals surface area contributed by atoms with Crippen LogP contribution in [0.15, 0.2) is 60.7 Å². The Labute approximate surface area is 307 Å². The second kappa shape index (κ2) is 18.0. The van der Waals surface area contributed by atoms with Crippen LogP contribution in [0.3, 0.4) is 0 Å². The van der Waals surface area contributed by atoms with Crippen molar-refractivity contribution in [1.29, 1.82) is 0 Å². The molecule has 13 nitrogen and oxygen atoms in total. The zero-order valence-electron chi connectivity index (χ0n) is 27.5. The molecule has 6 aliphatic heterocycles. The Bertz CT molecular complexity index is 1210. The van der Waals surface area contributed by atoms with E-state index in [-0.39, 0.29) is 87.8 Å². The lowest BCUT2D eigenvalue weighted by Crippen LogP contribution is -2.48. The lowest BCUT2D eigenvalue weighted by Gasteiger charge is -2.38. The number of hydrogen-bond donors (Lipinski definition) is 2. The average Bonchev–Trinajstić information content (AvgIpc) is 3.94. The first-order valence-electron chi connectivity index (χ1n) is 15.8. The van der Waals surface area contributed by atoms with E-state index in [0.29, 0.717) is 48.6 Å². The molecule has 0 amide bonds. The summed E-state index contributed by atoms with van der Waals surface area (Å²) < 4.78 is 22.8. The highest BCUT2D eigenvalue weighted by molar-refractivity contribution is 8.93. The molecule has 49 heavy (non-hydrogen) atoms. The molecule has 2 unspecified atom stereocenters. The highest BCUT2D eigenvalue weighted by atomic mass is 79.9. The van der Waals surface area contributed by atoms with Gasteiger partial charge in [-0.1, -0.05) is 60.7 Å². The summed E-state index contributed by atoms with van der Waals surface area (Å²) in [5.74, 6) is -1.83. The van der Waals surface area contributed by atoms with Crippen LogP contribution in [0.5, 0.6) is 0 Å². The molecular formula is C34H50Br2N2O11. The van der Waals surface area contributed by atoms with Crippen molar-refractivity contribution >= 4 is 45.9 Å². The molecule has 15 heteroatoms. The molecule has 6 fully saturated rings. The minimum atomic E-state index is -0.593. The van der Waals surface area contributed by atoms with Gasteiger partial charge in [0.2, 0.25) is 0 Å². The molecule has 6 heterocycles. The van der Waals surface area contributed by atoms with Crippen LogP contribution in [0.4, 0.5) is 0 Å². The first-order chi connectivity index (χ1) is 21.4. The number of piperidine rings is 2. The predicted molar refractivity (Wildman–Crippen MR) is 190 cm³/mol. The maximum absolute atomic E-state index is 12.4. The summed E-state index contributed by atoms with van der Waals surface area (Å²) in [6, 6.07) is 20.1. The molecule has 12 atom stereocenters. The number of carbonyl (C=O) groups excluding carboxylic acids is 2. The van der Waals surface area contributed by atoms with Crippen LogP contribution in [0, 0.1) is 0 Å². The van der Waals surface area contributed by atoms with Crippen LogP contribution >= 0.6 is 34.0 Å². The molecule has 6 saturated heterocycles. The van der Waals surface area contributed by atoms with E-state index in [1.54, 1.807) is 0 Å². The third-order valence-corrected chi connectivity index (χ3v) is 10.7. The van der Waals surface area contributed by atoms with Crippen molar-refractivity contribution < 1.29 is 55.2 Å². The van der Waals surface area contributed by atoms with E-state index in [1.165, 1.54) is 0 Å². The zero-order valence-corrected chi connectivity index (χ0v) is 30.9. The van der Waals surface area contributed by atoms with Gasteiger partial charge in [-0.3, -0.25) is 19.4 Å². The summed E-state index contributed by atoms with van der Waals surface area (Å²) in [7, 11) is 4.26. The summed E-state index contributed by atoms with van der Waals surface area (Å²) in [5.41, 5.74) is 1.61. The van der Waals surface area contributed by atoms with Gasteiger partial charge in [0.1, 0.15) is 48.5 Å². The van der Waals surface area contributed by atoms with Gasteiger partial charge in [0.25, 0.3) is 0 Å². The molecule has 276 valence electrons. The fourth-order valence-corrected chi connectivity index (χ4v) is 8.09. The Morgan fingerprint density at radius 2 is 0.918 bits per heavy atom. The fraction of sp³-hybridized carbons (Fsp3) is 0.588. The van der Waals surface area contributed by atoms with Gasteiger partial charge < -0.3 is 45.6 Å². The molecule has 6 aliphatic rings. The minimum Gasteiger partial charge on any atom is -0.462 e. The van der Waals surface area contributed by atoms with Crippen LogP contribution in [-0.2, 0) is 28.5 Å². The lowest BCUT2D eigenvalue weighted by molar-refractivity contribution is -0.157. The normalized spacial score (nSPS) is 33.6. The first-order valence-corrected chi connectivity index (χ1v) is 15.8. The van der Waals surface area contributed by atoms with Gasteiger partial charge in [-0.05, 0) is 25.2 Å². The lowest BCUT2D eigenvalue weighted by atomic mass is 9.97. The van der Waals surface area contributed by atoms with Gasteiger partial charge in [-0.15, -0.1) is 34.0 Å². The quantitative estimate of drug-likeness (QED) is 0.278. The highest BCUT2D eigenvalue weighted by Crippen LogP contribution is 2.49. The summed E-state index contributed by atoms with van der Waals surface area (Å²) in [5, 5.41) is 19.1. The van der Waals surface area contributed by atoms with Crippen molar-refractivity contribution in [2.75, 3.05) is 27.3 Å². The molecule has 8 rings (SSSR count). The largest absolute Gasteiger partial charge is 0.462 e. The second-order valence-electron chi connectivity index (χ2n) is 13.1. The maximum atomic E-state index is 12.4. The molecule has 0 radical (unpaired) electrons. The number of ether oxygens (including phenoxy) is 4. The van der Waals surface area contributed by atoms with Crippen molar-refractivity contribution in [3.05, 3.63) is 71.8 Å². The van der Waals surface area contributed by atoms with Crippen LogP contribution in [0.1, 0.15) is 48.6 Å². The van der Waals surface area contributed by atoms with Crippen LogP contribution < -0.4 is 0 Å². The van der Waals surface area contributed by atoms with Crippen molar-refractivity contribution in [2.24, 2.45) is 0 Å². The average molecular weight is 823 g/mol. The van der Waals surface area contributed by atoms with Crippen molar-refractivity contribution in [3.8, 4) is 0 Å². The predicted octanol–water partition coefficient (Wildman–Crippen LogP) is 0.518. The number of fused-ring (bicyclic) bond motifs is 10. The molecule has 0 aliphatic carbocycles. The summed E-state index contributed by atoms with van der Waals surface area (Å²) in [6.45, 7) is -0.451. The number of aliphatic hydroxyl groups is 2. The van der Waals surface area contributed by atoms with Gasteiger partial charge in [0.05, 0.1) is 13.2 Å². The fourth-order valence-electron chi connectivity index (χ4n) is 8.09. The van der Waals surface area contributed by atoms with E-state index < -0.39 is 11.8 Å². The van der Waals surface area contributed by atoms with Gasteiger partial charge >= 0.3 is 11.9 Å². The Kier molecular flexibility index (Phi) is 15.8. The molecule has 4 bridgehead atoms. The molecule has 0 aromatic heterocycles. The van der Waals surface area contributed by atoms with E-state index in [4.69, 9.17) is 18.9 Å². The van der Waals surface area contributed by atoms with Crippen LogP contribution in [0.25, 0.3) is 0 Å². The van der Waals surface area contributed by atoms with Gasteiger partial charge in [0, 0.05) is 49.9 Å². The number of likely N-dealkylation sites (N-methyl/N-ethyl adjacent to an activating group) is 2. The Morgan fingerprint density at radius 3 is 1.18 bits per heavy atom. The number of carbonyl (C=O) groups is 2. The van der Waals surface area contributed by atoms with Gasteiger partial charge in [-0.2, -0.15) is 0 Å². The van der Waals surface area contributed by atoms with Crippen LogP contribution in [-0.4, -0.2) is 136 Å². The van der Waals surface area contributed by atoms with E-state index in [9.17, 15) is 19.8 Å². The minimum absolute atomic E-state index is 0. The first kappa shape index (κ1) is 43.1. The number of aliphatic hydroxyl groups excluding tert-OH is 2. The zero-order chi connectivity index (χ0) is 30.5. The number of morpholine rings is 2. The summed E-state index contributed by atoms with van der Waals surface area (Å²) >= 11 is 0. The standard InChI is InChI=1S/2C17H21NO4.2BrH.3H2O/c2*1-18-13-7-11(8-14(18)16-15(13)22-16)21-17(20)12(9-19)10-5-3-2-4-6-10;;;;;/h2*2-6,11-16,19H,7-9H2,1H3;2*1H;3*1H2/t2*11?,12-,13-,14+,15-,16+;;;;;/m11...../s1. The SMILES string of the molecule is Br.Br.CN1[C@@H]2CC(OC(=O)[C@H](CO)c3ccccc3)C[C@H]1[C@@H]1O[C@@H]12.CN1[C@@H]2CC(OC(=O)[C@H](CO)c3ccccc3)C[C@H]1[C@@H]1O[C@@H]12.O.O.O. The Hall–Kier alpha value is -2.02. The van der Waals surface area contributed by atoms with Crippen LogP contribution in [0.2, 0.25) is 0 Å². The molecule has 8 N–H and O–H groups in total. The number of nitrogens with zero attached hydrogens (tertiary/aromatic N) is 2. The highest BCUT2D eigenvalue weighted by Gasteiger charge is 2.64. The number of benzene rings is 2. The number of rotatable bonds is 8. The van der Waals surface area contributed by atoms with Crippen molar-refractivity contribution in [1.82, 2.24) is 9.80 Å². The molecule has 2 aromatic carbocycles. The third-order valence-electron chi connectivity index (χ3n) is 10.7. The Morgan fingerprint density at radius 1 is 0.633 bits per heavy atom. The molecule has 2 aromatic rings. The van der Waals surface area contributed by atoms with Crippen molar-refractivity contribution in [2.45, 2.75) is 98.3 Å². The van der Waals surface area contributed by atoms with Crippen molar-refractivity contribution in [3.63, 3.8) is 0 Å². The smallest absolute Gasteiger partial charge is 0.316 e. The molecule has 0 saturated carbocycles. The van der Waals surface area contributed by atoms with E-state index in [2.05, 4.69) is 23.9 Å². The van der Waals surface area contributed by atoms with E-state index in [0.717, 1.165) is 36.8 Å². The van der Waals surface area contributed by atoms with Gasteiger partial charge in [0.15, 0.2) is 0 Å².